The Labute approximate surface area is 133 Å². The van der Waals surface area contributed by atoms with Gasteiger partial charge < -0.3 is 15.2 Å². The number of ether oxygens (including phenoxy) is 2. The standard InChI is InChI=1S/C15H18N2O2S2/c1-10-14(21-9-17-10)5-6-19-8-11-3-4-12(15(16)20)13(7-11)18-2/h3-4,7,9H,5-6,8H2,1-2H3,(H2,16,20). The van der Waals surface area contributed by atoms with Gasteiger partial charge in [-0.05, 0) is 24.6 Å². The van der Waals surface area contributed by atoms with E-state index >= 15 is 0 Å². The molecule has 2 rings (SSSR count). The van der Waals surface area contributed by atoms with Crippen LogP contribution in [0.5, 0.6) is 5.75 Å². The van der Waals surface area contributed by atoms with E-state index in [0.717, 1.165) is 23.2 Å². The fraction of sp³-hybridized carbons (Fsp3) is 0.333. The molecule has 0 amide bonds. The zero-order valence-electron chi connectivity index (χ0n) is 12.1. The maximum atomic E-state index is 5.71. The molecule has 1 heterocycles. The van der Waals surface area contributed by atoms with E-state index in [1.54, 1.807) is 18.4 Å². The number of nitrogens with zero attached hydrogens (tertiary/aromatic N) is 1. The highest BCUT2D eigenvalue weighted by molar-refractivity contribution is 7.80. The maximum Gasteiger partial charge on any atom is 0.129 e. The van der Waals surface area contributed by atoms with Crippen LogP contribution >= 0.6 is 23.6 Å². The van der Waals surface area contributed by atoms with Gasteiger partial charge in [0, 0.05) is 11.3 Å². The van der Waals surface area contributed by atoms with Gasteiger partial charge in [0.15, 0.2) is 0 Å². The Balaban J connectivity index is 1.89. The Kier molecular flexibility index (Phi) is 5.67. The molecule has 0 radical (unpaired) electrons. The molecule has 2 aromatic rings. The molecule has 0 aliphatic heterocycles. The molecule has 0 saturated heterocycles. The number of thiazole rings is 1. The first-order chi connectivity index (χ1) is 10.1. The summed E-state index contributed by atoms with van der Waals surface area (Å²) in [5, 5.41) is 0. The van der Waals surface area contributed by atoms with Crippen LogP contribution in [0.3, 0.4) is 0 Å². The van der Waals surface area contributed by atoms with Gasteiger partial charge in [-0.1, -0.05) is 18.3 Å². The van der Waals surface area contributed by atoms with Gasteiger partial charge in [-0.25, -0.2) is 4.98 Å². The number of methoxy groups -OCH3 is 1. The minimum atomic E-state index is 0.333. The number of benzene rings is 1. The minimum absolute atomic E-state index is 0.333. The van der Waals surface area contributed by atoms with E-state index in [-0.39, 0.29) is 0 Å². The number of nitrogens with two attached hydrogens (primary N) is 1. The fourth-order valence-electron chi connectivity index (χ4n) is 1.95. The van der Waals surface area contributed by atoms with Crippen LogP contribution in [0.2, 0.25) is 0 Å². The third-order valence-corrected chi connectivity index (χ3v) is 4.33. The smallest absolute Gasteiger partial charge is 0.129 e. The van der Waals surface area contributed by atoms with Gasteiger partial charge >= 0.3 is 0 Å². The molecule has 0 atom stereocenters. The van der Waals surface area contributed by atoms with Crippen molar-refractivity contribution >= 4 is 28.5 Å². The lowest BCUT2D eigenvalue weighted by Crippen LogP contribution is -2.11. The number of thiocarbonyl (C=S) groups is 1. The summed E-state index contributed by atoms with van der Waals surface area (Å²) in [5.74, 6) is 0.682. The molecule has 1 aromatic heterocycles. The molecule has 0 spiro atoms. The monoisotopic (exact) mass is 322 g/mol. The molecule has 0 fully saturated rings. The molecule has 0 saturated carbocycles. The Hall–Kier alpha value is -1.50. The van der Waals surface area contributed by atoms with Crippen molar-refractivity contribution in [1.82, 2.24) is 4.98 Å². The zero-order valence-corrected chi connectivity index (χ0v) is 13.7. The van der Waals surface area contributed by atoms with Crippen molar-refractivity contribution in [2.24, 2.45) is 5.73 Å². The van der Waals surface area contributed by atoms with Gasteiger partial charge in [-0.2, -0.15) is 0 Å². The SMILES string of the molecule is COc1cc(COCCc2scnc2C)ccc1C(N)=S. The van der Waals surface area contributed by atoms with Crippen molar-refractivity contribution in [2.75, 3.05) is 13.7 Å². The van der Waals surface area contributed by atoms with Crippen molar-refractivity contribution in [3.63, 3.8) is 0 Å². The molecular weight excluding hydrogens is 304 g/mol. The molecular formula is C15H18N2O2S2. The topological polar surface area (TPSA) is 57.4 Å². The average Bonchev–Trinajstić information content (AvgIpc) is 2.88. The third kappa shape index (κ3) is 4.23. The van der Waals surface area contributed by atoms with E-state index in [1.165, 1.54) is 4.88 Å². The first-order valence-electron chi connectivity index (χ1n) is 6.55. The minimum Gasteiger partial charge on any atom is -0.496 e. The highest BCUT2D eigenvalue weighted by Crippen LogP contribution is 2.21. The van der Waals surface area contributed by atoms with Crippen LogP contribution < -0.4 is 10.5 Å². The van der Waals surface area contributed by atoms with Crippen LogP contribution in [0.25, 0.3) is 0 Å². The van der Waals surface area contributed by atoms with E-state index in [1.807, 2.05) is 30.6 Å². The second-order valence-corrected chi connectivity index (χ2v) is 5.94. The van der Waals surface area contributed by atoms with Crippen LogP contribution in [0.1, 0.15) is 21.7 Å². The molecule has 4 nitrogen and oxygen atoms in total. The zero-order chi connectivity index (χ0) is 15.2. The van der Waals surface area contributed by atoms with Crippen LogP contribution in [0, 0.1) is 6.92 Å². The van der Waals surface area contributed by atoms with Crippen LogP contribution in [-0.2, 0) is 17.8 Å². The van der Waals surface area contributed by atoms with Gasteiger partial charge in [0.25, 0.3) is 0 Å². The Bertz CT molecular complexity index is 626. The molecule has 2 N–H and O–H groups in total. The number of hydrogen-bond acceptors (Lipinski definition) is 5. The second-order valence-electron chi connectivity index (χ2n) is 4.56. The quantitative estimate of drug-likeness (QED) is 0.627. The summed E-state index contributed by atoms with van der Waals surface area (Å²) in [7, 11) is 1.61. The van der Waals surface area contributed by atoms with Crippen LogP contribution in [-0.4, -0.2) is 23.7 Å². The van der Waals surface area contributed by atoms with E-state index < -0.39 is 0 Å². The van der Waals surface area contributed by atoms with Gasteiger partial charge in [-0.3, -0.25) is 0 Å². The number of hydrogen-bond donors (Lipinski definition) is 1. The first-order valence-corrected chi connectivity index (χ1v) is 7.84. The summed E-state index contributed by atoms with van der Waals surface area (Å²) >= 11 is 6.65. The Morgan fingerprint density at radius 2 is 2.24 bits per heavy atom. The number of aryl methyl sites for hydroxylation is 1. The summed E-state index contributed by atoms with van der Waals surface area (Å²) in [5.41, 5.74) is 10.4. The van der Waals surface area contributed by atoms with Crippen molar-refractivity contribution in [3.8, 4) is 5.75 Å². The van der Waals surface area contributed by atoms with Crippen LogP contribution in [0.15, 0.2) is 23.7 Å². The van der Waals surface area contributed by atoms with Crippen molar-refractivity contribution in [2.45, 2.75) is 20.0 Å². The highest BCUT2D eigenvalue weighted by Gasteiger charge is 2.07. The number of aromatic nitrogens is 1. The summed E-state index contributed by atoms with van der Waals surface area (Å²) in [6.07, 6.45) is 0.888. The summed E-state index contributed by atoms with van der Waals surface area (Å²) in [4.78, 5) is 5.83. The third-order valence-electron chi connectivity index (χ3n) is 3.12. The normalized spacial score (nSPS) is 10.6. The van der Waals surface area contributed by atoms with E-state index in [4.69, 9.17) is 27.4 Å². The van der Waals surface area contributed by atoms with E-state index in [2.05, 4.69) is 4.98 Å². The van der Waals surface area contributed by atoms with Gasteiger partial charge in [0.05, 0.1) is 37.1 Å². The lowest BCUT2D eigenvalue weighted by molar-refractivity contribution is 0.124. The van der Waals surface area contributed by atoms with Gasteiger partial charge in [-0.15, -0.1) is 11.3 Å². The van der Waals surface area contributed by atoms with E-state index in [0.29, 0.717) is 24.0 Å². The Morgan fingerprint density at radius 3 is 2.86 bits per heavy atom. The molecule has 112 valence electrons. The van der Waals surface area contributed by atoms with Crippen LogP contribution in [0.4, 0.5) is 0 Å². The summed E-state index contributed by atoms with van der Waals surface area (Å²) in [6.45, 7) is 3.22. The summed E-state index contributed by atoms with van der Waals surface area (Å²) in [6, 6.07) is 5.73. The van der Waals surface area contributed by atoms with Crippen molar-refractivity contribution < 1.29 is 9.47 Å². The predicted molar refractivity (Wildman–Crippen MR) is 89.1 cm³/mol. The van der Waals surface area contributed by atoms with Crippen molar-refractivity contribution in [3.05, 3.63) is 45.4 Å². The molecule has 0 aliphatic carbocycles. The molecule has 0 unspecified atom stereocenters. The molecule has 6 heteroatoms. The first kappa shape index (κ1) is 15.9. The fourth-order valence-corrected chi connectivity index (χ4v) is 2.88. The maximum absolute atomic E-state index is 5.71. The van der Waals surface area contributed by atoms with Crippen molar-refractivity contribution in [1.29, 1.82) is 0 Å². The van der Waals surface area contributed by atoms with Gasteiger partial charge in [0.1, 0.15) is 10.7 Å². The van der Waals surface area contributed by atoms with Gasteiger partial charge in [0.2, 0.25) is 0 Å². The highest BCUT2D eigenvalue weighted by atomic mass is 32.1. The molecule has 1 aromatic carbocycles. The van der Waals surface area contributed by atoms with E-state index in [9.17, 15) is 0 Å². The Morgan fingerprint density at radius 1 is 1.43 bits per heavy atom. The molecule has 0 aliphatic rings. The molecule has 21 heavy (non-hydrogen) atoms. The second kappa shape index (κ2) is 7.49. The molecule has 0 bridgehead atoms. The number of rotatable bonds is 7. The predicted octanol–water partition coefficient (Wildman–Crippen LogP) is 2.85. The lowest BCUT2D eigenvalue weighted by atomic mass is 10.1. The largest absolute Gasteiger partial charge is 0.496 e. The summed E-state index contributed by atoms with van der Waals surface area (Å²) < 4.78 is 11.0. The average molecular weight is 322 g/mol. The lowest BCUT2D eigenvalue weighted by Gasteiger charge is -2.10.